The number of fused-ring (bicyclic) bond motifs is 2. The monoisotopic (exact) mass is 455 g/mol. The van der Waals surface area contributed by atoms with Crippen LogP contribution < -0.4 is 10.2 Å². The van der Waals surface area contributed by atoms with Gasteiger partial charge in [-0.3, -0.25) is 14.7 Å². The number of non-ortho nitro benzene ring substituents is 1. The van der Waals surface area contributed by atoms with Gasteiger partial charge in [0.25, 0.3) is 5.69 Å². The van der Waals surface area contributed by atoms with Crippen LogP contribution in [0.25, 0.3) is 11.2 Å². The molecule has 12 heteroatoms. The predicted molar refractivity (Wildman–Crippen MR) is 119 cm³/mol. The Balaban J connectivity index is 1.57. The highest BCUT2D eigenvalue weighted by molar-refractivity contribution is 5.86. The van der Waals surface area contributed by atoms with Crippen molar-refractivity contribution < 1.29 is 19.9 Å². The first-order valence-electron chi connectivity index (χ1n) is 10.9. The molecule has 0 saturated carbocycles. The molecule has 1 fully saturated rings. The van der Waals surface area contributed by atoms with Crippen LogP contribution in [0.5, 0.6) is 0 Å². The summed E-state index contributed by atoms with van der Waals surface area (Å²) in [5, 5.41) is 35.2. The first kappa shape index (κ1) is 21.5. The molecule has 2 aromatic heterocycles. The van der Waals surface area contributed by atoms with E-state index in [1.807, 2.05) is 17.9 Å². The molecule has 0 amide bonds. The van der Waals surface area contributed by atoms with Crippen LogP contribution in [0.15, 0.2) is 24.5 Å². The number of ether oxygens (including phenoxy) is 1. The smallest absolute Gasteiger partial charge is 0.269 e. The van der Waals surface area contributed by atoms with Crippen LogP contribution in [0, 0.1) is 10.1 Å². The molecular weight excluding hydrogens is 430 g/mol. The summed E-state index contributed by atoms with van der Waals surface area (Å²) in [6.45, 7) is 5.32. The van der Waals surface area contributed by atoms with Gasteiger partial charge in [-0.05, 0) is 31.4 Å². The number of nitrogens with one attached hydrogen (secondary N) is 1. The standard InChI is InChI=1S/C21H25N7O5/c1-3-22-21-25-15-18(26-7-6-12-4-5-14(28(31)32)8-13(12)9-26)23-10-24-19(15)27(21)20-17(30)16(29)11(2)33-20/h4-5,8,10-11,16-17,20,29-30H,3,6-7,9H2,1-2H3,(H,22,25)/t11-,16-,17-,20-/m1/s1. The summed E-state index contributed by atoms with van der Waals surface area (Å²) >= 11 is 0. The molecule has 0 radical (unpaired) electrons. The van der Waals surface area contributed by atoms with E-state index in [1.54, 1.807) is 17.6 Å². The molecule has 0 bridgehead atoms. The van der Waals surface area contributed by atoms with Crippen molar-refractivity contribution in [3.05, 3.63) is 45.8 Å². The topological polar surface area (TPSA) is 152 Å². The first-order chi connectivity index (χ1) is 15.9. The summed E-state index contributed by atoms with van der Waals surface area (Å²) in [5.41, 5.74) is 2.99. The molecule has 174 valence electrons. The van der Waals surface area contributed by atoms with Crippen molar-refractivity contribution >= 4 is 28.6 Å². The number of anilines is 2. The van der Waals surface area contributed by atoms with E-state index in [0.717, 1.165) is 11.1 Å². The number of hydrogen-bond acceptors (Lipinski definition) is 10. The third-order valence-corrected chi connectivity index (χ3v) is 6.24. The van der Waals surface area contributed by atoms with Gasteiger partial charge in [0.2, 0.25) is 5.95 Å². The van der Waals surface area contributed by atoms with Crippen LogP contribution in [-0.4, -0.2) is 66.1 Å². The normalized spacial score (nSPS) is 24.8. The van der Waals surface area contributed by atoms with Crippen LogP contribution in [0.3, 0.4) is 0 Å². The minimum Gasteiger partial charge on any atom is -0.388 e. The van der Waals surface area contributed by atoms with Crippen molar-refractivity contribution in [3.63, 3.8) is 0 Å². The number of aromatic nitrogens is 4. The fourth-order valence-corrected chi connectivity index (χ4v) is 4.53. The zero-order chi connectivity index (χ0) is 23.3. The largest absolute Gasteiger partial charge is 0.388 e. The first-order valence-corrected chi connectivity index (χ1v) is 10.9. The van der Waals surface area contributed by atoms with E-state index < -0.39 is 29.5 Å². The molecule has 0 aliphatic carbocycles. The van der Waals surface area contributed by atoms with Gasteiger partial charge in [0.15, 0.2) is 23.2 Å². The van der Waals surface area contributed by atoms with Crippen LogP contribution >= 0.6 is 0 Å². The molecule has 33 heavy (non-hydrogen) atoms. The van der Waals surface area contributed by atoms with E-state index in [9.17, 15) is 20.3 Å². The molecule has 4 atom stereocenters. The number of aliphatic hydroxyl groups is 2. The highest BCUT2D eigenvalue weighted by Crippen LogP contribution is 2.37. The maximum absolute atomic E-state index is 11.2. The van der Waals surface area contributed by atoms with Gasteiger partial charge < -0.3 is 25.2 Å². The summed E-state index contributed by atoms with van der Waals surface area (Å²) in [6, 6.07) is 4.95. The molecule has 1 aromatic carbocycles. The number of nitrogens with zero attached hydrogens (tertiary/aromatic N) is 6. The van der Waals surface area contributed by atoms with Gasteiger partial charge in [0, 0.05) is 31.8 Å². The Bertz CT molecular complexity index is 1220. The second-order valence-electron chi connectivity index (χ2n) is 8.30. The third kappa shape index (κ3) is 3.56. The Labute approximate surface area is 189 Å². The van der Waals surface area contributed by atoms with Crippen molar-refractivity contribution in [2.75, 3.05) is 23.3 Å². The lowest BCUT2D eigenvalue weighted by Crippen LogP contribution is -2.31. The summed E-state index contributed by atoms with van der Waals surface area (Å²) in [4.78, 5) is 26.4. The highest BCUT2D eigenvalue weighted by Gasteiger charge is 2.43. The van der Waals surface area contributed by atoms with E-state index in [4.69, 9.17) is 9.72 Å². The minimum atomic E-state index is -1.14. The molecule has 1 saturated heterocycles. The molecule has 12 nitrogen and oxygen atoms in total. The van der Waals surface area contributed by atoms with Gasteiger partial charge in [-0.1, -0.05) is 6.07 Å². The maximum Gasteiger partial charge on any atom is 0.269 e. The van der Waals surface area contributed by atoms with E-state index >= 15 is 0 Å². The molecular formula is C21H25N7O5. The quantitative estimate of drug-likeness (QED) is 0.380. The minimum absolute atomic E-state index is 0.0576. The molecule has 5 rings (SSSR count). The predicted octanol–water partition coefficient (Wildman–Crippen LogP) is 1.37. The van der Waals surface area contributed by atoms with Gasteiger partial charge in [-0.15, -0.1) is 0 Å². The maximum atomic E-state index is 11.2. The van der Waals surface area contributed by atoms with Crippen molar-refractivity contribution in [1.82, 2.24) is 19.5 Å². The Morgan fingerprint density at radius 3 is 2.79 bits per heavy atom. The fraction of sp³-hybridized carbons (Fsp3) is 0.476. The average molecular weight is 455 g/mol. The van der Waals surface area contributed by atoms with Gasteiger partial charge in [-0.2, -0.15) is 0 Å². The average Bonchev–Trinajstić information content (AvgIpc) is 3.30. The second-order valence-corrected chi connectivity index (χ2v) is 8.30. The molecule has 2 aliphatic rings. The van der Waals surface area contributed by atoms with Crippen molar-refractivity contribution in [1.29, 1.82) is 0 Å². The zero-order valence-corrected chi connectivity index (χ0v) is 18.2. The van der Waals surface area contributed by atoms with Gasteiger partial charge in [0.05, 0.1) is 11.0 Å². The Morgan fingerprint density at radius 2 is 2.09 bits per heavy atom. The van der Waals surface area contributed by atoms with Gasteiger partial charge in [0.1, 0.15) is 18.5 Å². The molecule has 4 heterocycles. The number of aliphatic hydroxyl groups excluding tert-OH is 2. The van der Waals surface area contributed by atoms with E-state index in [2.05, 4.69) is 15.3 Å². The number of nitro benzene ring substituents is 1. The summed E-state index contributed by atoms with van der Waals surface area (Å²) < 4.78 is 7.49. The Kier molecular flexibility index (Phi) is 5.35. The molecule has 3 N–H and O–H groups in total. The summed E-state index contributed by atoms with van der Waals surface area (Å²) in [5.74, 6) is 1.05. The molecule has 2 aliphatic heterocycles. The summed E-state index contributed by atoms with van der Waals surface area (Å²) in [7, 11) is 0. The lowest BCUT2D eigenvalue weighted by atomic mass is 9.99. The lowest BCUT2D eigenvalue weighted by Gasteiger charge is -2.29. The lowest BCUT2D eigenvalue weighted by molar-refractivity contribution is -0.384. The van der Waals surface area contributed by atoms with E-state index in [-0.39, 0.29) is 5.69 Å². The molecule has 0 spiro atoms. The van der Waals surface area contributed by atoms with Crippen LogP contribution in [0.2, 0.25) is 0 Å². The van der Waals surface area contributed by atoms with Crippen molar-refractivity contribution in [2.24, 2.45) is 0 Å². The van der Waals surface area contributed by atoms with Crippen LogP contribution in [0.1, 0.15) is 31.2 Å². The van der Waals surface area contributed by atoms with Crippen LogP contribution in [0.4, 0.5) is 17.5 Å². The number of imidazole rings is 1. The summed E-state index contributed by atoms with van der Waals surface area (Å²) in [6.07, 6.45) is -1.44. The van der Waals surface area contributed by atoms with E-state index in [0.29, 0.717) is 49.0 Å². The zero-order valence-electron chi connectivity index (χ0n) is 18.2. The number of rotatable bonds is 5. The number of benzene rings is 1. The Hall–Kier alpha value is -3.35. The third-order valence-electron chi connectivity index (χ3n) is 6.24. The van der Waals surface area contributed by atoms with E-state index in [1.165, 1.54) is 12.4 Å². The highest BCUT2D eigenvalue weighted by atomic mass is 16.6. The van der Waals surface area contributed by atoms with Gasteiger partial charge in [-0.25, -0.2) is 15.0 Å². The number of hydrogen-bond donors (Lipinski definition) is 3. The number of nitro groups is 1. The second kappa shape index (κ2) is 8.21. The van der Waals surface area contributed by atoms with Crippen LogP contribution in [-0.2, 0) is 17.7 Å². The van der Waals surface area contributed by atoms with Gasteiger partial charge >= 0.3 is 0 Å². The van der Waals surface area contributed by atoms with Crippen molar-refractivity contribution in [2.45, 2.75) is 51.4 Å². The fourth-order valence-electron chi connectivity index (χ4n) is 4.53. The molecule has 3 aromatic rings. The van der Waals surface area contributed by atoms with Crippen molar-refractivity contribution in [3.8, 4) is 0 Å². The molecule has 0 unspecified atom stereocenters. The SMILES string of the molecule is CCNc1nc2c(N3CCc4ccc([N+](=O)[O-])cc4C3)ncnc2n1[C@@H]1O[C@H](C)[C@@H](O)[C@H]1O. The Morgan fingerprint density at radius 1 is 1.27 bits per heavy atom.